The fourth-order valence-electron chi connectivity index (χ4n) is 1.39. The molecule has 1 saturated heterocycles. The molecule has 1 aliphatic rings. The quantitative estimate of drug-likeness (QED) is 0.570. The molecule has 0 spiro atoms. The van der Waals surface area contributed by atoms with Crippen LogP contribution in [0.25, 0.3) is 0 Å². The predicted octanol–water partition coefficient (Wildman–Crippen LogP) is 2.36. The molecule has 1 aromatic rings. The van der Waals surface area contributed by atoms with Gasteiger partial charge in [-0.05, 0) is 37.1 Å². The van der Waals surface area contributed by atoms with Gasteiger partial charge >= 0.3 is 0 Å². The molecule has 2 rings (SSSR count). The third kappa shape index (κ3) is 2.34. The van der Waals surface area contributed by atoms with Gasteiger partial charge in [0.25, 0.3) is 0 Å². The van der Waals surface area contributed by atoms with E-state index >= 15 is 0 Å². The summed E-state index contributed by atoms with van der Waals surface area (Å²) in [5.74, 6) is 5.77. The van der Waals surface area contributed by atoms with Gasteiger partial charge in [-0.3, -0.25) is 0 Å². The van der Waals surface area contributed by atoms with E-state index in [2.05, 4.69) is 11.8 Å². The molecule has 1 unspecified atom stereocenters. The van der Waals surface area contributed by atoms with E-state index in [1.54, 1.807) is 12.1 Å². The van der Waals surface area contributed by atoms with Crippen LogP contribution in [0.3, 0.4) is 0 Å². The molecular weight excluding hydrogens is 179 g/mol. The summed E-state index contributed by atoms with van der Waals surface area (Å²) in [4.78, 5) is 0. The van der Waals surface area contributed by atoms with Gasteiger partial charge in [-0.25, -0.2) is 4.39 Å². The van der Waals surface area contributed by atoms with E-state index in [1.165, 1.54) is 12.1 Å². The number of hydrogen-bond donors (Lipinski definition) is 0. The zero-order valence-electron chi connectivity index (χ0n) is 7.79. The largest absolute Gasteiger partial charge is 0.366 e. The lowest BCUT2D eigenvalue weighted by molar-refractivity contribution is 0.152. The maximum absolute atomic E-state index is 12.6. The Labute approximate surface area is 82.9 Å². The van der Waals surface area contributed by atoms with E-state index in [-0.39, 0.29) is 11.9 Å². The zero-order valence-corrected chi connectivity index (χ0v) is 7.79. The first-order valence-corrected chi connectivity index (χ1v) is 4.73. The van der Waals surface area contributed by atoms with Gasteiger partial charge in [0.1, 0.15) is 11.9 Å². The van der Waals surface area contributed by atoms with Crippen LogP contribution in [0.1, 0.15) is 18.4 Å². The fourth-order valence-corrected chi connectivity index (χ4v) is 1.39. The van der Waals surface area contributed by atoms with Gasteiger partial charge < -0.3 is 4.74 Å². The lowest BCUT2D eigenvalue weighted by Crippen LogP contribution is -1.99. The monoisotopic (exact) mass is 190 g/mol. The molecule has 1 fully saturated rings. The van der Waals surface area contributed by atoms with Gasteiger partial charge in [0, 0.05) is 12.2 Å². The fraction of sp³-hybridized carbons (Fsp3) is 0.333. The number of ether oxygens (including phenoxy) is 1. The van der Waals surface area contributed by atoms with E-state index in [0.717, 1.165) is 25.0 Å². The van der Waals surface area contributed by atoms with Crippen molar-refractivity contribution in [3.8, 4) is 11.8 Å². The van der Waals surface area contributed by atoms with Crippen molar-refractivity contribution in [1.29, 1.82) is 0 Å². The maximum Gasteiger partial charge on any atom is 0.123 e. The van der Waals surface area contributed by atoms with E-state index in [9.17, 15) is 4.39 Å². The minimum atomic E-state index is -0.229. The summed E-state index contributed by atoms with van der Waals surface area (Å²) < 4.78 is 17.9. The molecule has 1 nitrogen and oxygen atoms in total. The first kappa shape index (κ1) is 9.23. The summed E-state index contributed by atoms with van der Waals surface area (Å²) in [5.41, 5.74) is 0.835. The molecule has 0 amide bonds. The zero-order chi connectivity index (χ0) is 9.80. The molecule has 14 heavy (non-hydrogen) atoms. The summed E-state index contributed by atoms with van der Waals surface area (Å²) in [6.45, 7) is 0.808. The van der Waals surface area contributed by atoms with E-state index < -0.39 is 0 Å². The topological polar surface area (TPSA) is 9.23 Å². The highest BCUT2D eigenvalue weighted by molar-refractivity contribution is 5.34. The van der Waals surface area contributed by atoms with Gasteiger partial charge in [-0.2, -0.15) is 0 Å². The Morgan fingerprint density at radius 2 is 2.07 bits per heavy atom. The smallest absolute Gasteiger partial charge is 0.123 e. The first-order valence-electron chi connectivity index (χ1n) is 4.73. The van der Waals surface area contributed by atoms with Crippen LogP contribution in [-0.4, -0.2) is 12.7 Å². The van der Waals surface area contributed by atoms with Crippen molar-refractivity contribution in [1.82, 2.24) is 0 Å². The molecule has 1 atom stereocenters. The van der Waals surface area contributed by atoms with Crippen molar-refractivity contribution in [3.05, 3.63) is 35.6 Å². The van der Waals surface area contributed by atoms with E-state index in [0.29, 0.717) is 0 Å². The summed E-state index contributed by atoms with van der Waals surface area (Å²) >= 11 is 0. The third-order valence-corrected chi connectivity index (χ3v) is 2.15. The normalized spacial score (nSPS) is 20.2. The Hall–Kier alpha value is -1.33. The Kier molecular flexibility index (Phi) is 2.81. The third-order valence-electron chi connectivity index (χ3n) is 2.15. The highest BCUT2D eigenvalue weighted by atomic mass is 19.1. The Bertz CT molecular complexity index is 352. The van der Waals surface area contributed by atoms with Gasteiger partial charge in [0.05, 0.1) is 0 Å². The standard InChI is InChI=1S/C12H11FO/c13-11-6-3-10(4-7-11)5-8-12-2-1-9-14-12/h3-4,6-7,12H,1-2,9H2. The molecule has 72 valence electrons. The Balaban J connectivity index is 2.05. The van der Waals surface area contributed by atoms with Crippen molar-refractivity contribution in [2.75, 3.05) is 6.61 Å². The SMILES string of the molecule is Fc1ccc(C#CC2CCCO2)cc1. The lowest BCUT2D eigenvalue weighted by atomic mass is 10.2. The van der Waals surface area contributed by atoms with E-state index in [1.807, 2.05) is 0 Å². The van der Waals surface area contributed by atoms with Crippen LogP contribution >= 0.6 is 0 Å². The molecule has 0 aromatic heterocycles. The number of benzene rings is 1. The second kappa shape index (κ2) is 4.26. The lowest BCUT2D eigenvalue weighted by Gasteiger charge is -1.96. The summed E-state index contributed by atoms with van der Waals surface area (Å²) in [5, 5.41) is 0. The van der Waals surface area contributed by atoms with Gasteiger partial charge in [-0.1, -0.05) is 11.8 Å². The van der Waals surface area contributed by atoms with Crippen LogP contribution < -0.4 is 0 Å². The minimum absolute atomic E-state index is 0.0695. The molecule has 1 aromatic carbocycles. The van der Waals surface area contributed by atoms with Crippen LogP contribution in [0.15, 0.2) is 24.3 Å². The van der Waals surface area contributed by atoms with Crippen LogP contribution in [0.5, 0.6) is 0 Å². The number of rotatable bonds is 0. The highest BCUT2D eigenvalue weighted by Gasteiger charge is 2.11. The van der Waals surface area contributed by atoms with Crippen molar-refractivity contribution in [3.63, 3.8) is 0 Å². The molecule has 1 heterocycles. The van der Waals surface area contributed by atoms with Gasteiger partial charge in [-0.15, -0.1) is 0 Å². The Morgan fingerprint density at radius 3 is 2.71 bits per heavy atom. The average molecular weight is 190 g/mol. The second-order valence-corrected chi connectivity index (χ2v) is 3.28. The van der Waals surface area contributed by atoms with E-state index in [4.69, 9.17) is 4.74 Å². The predicted molar refractivity (Wildman–Crippen MR) is 52.3 cm³/mol. The highest BCUT2D eigenvalue weighted by Crippen LogP contribution is 2.10. The van der Waals surface area contributed by atoms with Crippen LogP contribution in [-0.2, 0) is 4.74 Å². The molecule has 0 radical (unpaired) electrons. The molecule has 1 aliphatic heterocycles. The van der Waals surface area contributed by atoms with Crippen molar-refractivity contribution < 1.29 is 9.13 Å². The molecule has 0 bridgehead atoms. The van der Waals surface area contributed by atoms with Crippen molar-refractivity contribution >= 4 is 0 Å². The number of hydrogen-bond acceptors (Lipinski definition) is 1. The minimum Gasteiger partial charge on any atom is -0.366 e. The number of halogens is 1. The molecule has 0 N–H and O–H groups in total. The van der Waals surface area contributed by atoms with Gasteiger partial charge in [0.2, 0.25) is 0 Å². The first-order chi connectivity index (χ1) is 6.84. The van der Waals surface area contributed by atoms with Crippen LogP contribution in [0.2, 0.25) is 0 Å². The van der Waals surface area contributed by atoms with Crippen LogP contribution in [0.4, 0.5) is 4.39 Å². The maximum atomic E-state index is 12.6. The molecular formula is C12H11FO. The molecule has 2 heteroatoms. The van der Waals surface area contributed by atoms with Crippen molar-refractivity contribution in [2.24, 2.45) is 0 Å². The summed E-state index contributed by atoms with van der Waals surface area (Å²) in [7, 11) is 0. The summed E-state index contributed by atoms with van der Waals surface area (Å²) in [6.07, 6.45) is 2.16. The van der Waals surface area contributed by atoms with Crippen LogP contribution in [0, 0.1) is 17.7 Å². The van der Waals surface area contributed by atoms with Crippen molar-refractivity contribution in [2.45, 2.75) is 18.9 Å². The molecule has 0 saturated carbocycles. The second-order valence-electron chi connectivity index (χ2n) is 3.28. The molecule has 0 aliphatic carbocycles. The Morgan fingerprint density at radius 1 is 1.29 bits per heavy atom. The average Bonchev–Trinajstić information content (AvgIpc) is 2.70. The van der Waals surface area contributed by atoms with Gasteiger partial charge in [0.15, 0.2) is 0 Å². The summed E-state index contributed by atoms with van der Waals surface area (Å²) in [6, 6.07) is 6.19.